The smallest absolute Gasteiger partial charge is 0.255 e. The second-order valence-corrected chi connectivity index (χ2v) is 9.62. The predicted octanol–water partition coefficient (Wildman–Crippen LogP) is 4.23. The van der Waals surface area contributed by atoms with Crippen molar-refractivity contribution in [3.05, 3.63) is 47.8 Å². The highest BCUT2D eigenvalue weighted by atomic mass is 16.1. The van der Waals surface area contributed by atoms with Gasteiger partial charge in [0.1, 0.15) is 0 Å². The maximum absolute atomic E-state index is 13.1. The molecule has 0 atom stereocenters. The molecule has 1 aromatic heterocycles. The zero-order chi connectivity index (χ0) is 18.0. The van der Waals surface area contributed by atoms with Gasteiger partial charge in [0.2, 0.25) is 0 Å². The molecule has 5 aliphatic rings. The molecule has 7 rings (SSSR count). The number of aromatic nitrogens is 2. The van der Waals surface area contributed by atoms with E-state index >= 15 is 0 Å². The van der Waals surface area contributed by atoms with Crippen LogP contribution in [0, 0.1) is 17.8 Å². The first-order valence-corrected chi connectivity index (χ1v) is 10.6. The van der Waals surface area contributed by atoms with Crippen LogP contribution in [0.1, 0.15) is 67.4 Å². The van der Waals surface area contributed by atoms with Crippen molar-refractivity contribution in [1.82, 2.24) is 15.1 Å². The van der Waals surface area contributed by atoms with Gasteiger partial charge in [0.05, 0.1) is 16.9 Å². The monoisotopic (exact) mass is 361 g/mol. The molecule has 5 aliphatic carbocycles. The highest BCUT2D eigenvalue weighted by Crippen LogP contribution is 2.60. The highest BCUT2D eigenvalue weighted by Gasteiger charge is 2.54. The molecule has 140 valence electrons. The Morgan fingerprint density at radius 3 is 2.22 bits per heavy atom. The number of carbonyl (C=O) groups is 1. The third-order valence-electron chi connectivity index (χ3n) is 7.43. The second kappa shape index (κ2) is 5.70. The summed E-state index contributed by atoms with van der Waals surface area (Å²) in [7, 11) is 0. The number of nitrogens with one attached hydrogen (secondary N) is 1. The summed E-state index contributed by atoms with van der Waals surface area (Å²) >= 11 is 0. The molecule has 1 heterocycles. The first-order chi connectivity index (χ1) is 13.2. The van der Waals surface area contributed by atoms with Crippen LogP contribution in [0.2, 0.25) is 0 Å². The van der Waals surface area contributed by atoms with Crippen LogP contribution in [-0.4, -0.2) is 21.7 Å². The van der Waals surface area contributed by atoms with Gasteiger partial charge in [-0.05, 0) is 81.3 Å². The van der Waals surface area contributed by atoms with Gasteiger partial charge in [-0.25, -0.2) is 4.68 Å². The minimum Gasteiger partial charge on any atom is -0.349 e. The Balaban J connectivity index is 1.44. The number of hydrogen-bond donors (Lipinski definition) is 1. The molecule has 1 N–H and O–H groups in total. The van der Waals surface area contributed by atoms with Gasteiger partial charge in [-0.2, -0.15) is 5.10 Å². The number of benzene rings is 1. The molecule has 1 amide bonds. The van der Waals surface area contributed by atoms with E-state index < -0.39 is 0 Å². The molecule has 0 spiro atoms. The molecule has 27 heavy (non-hydrogen) atoms. The van der Waals surface area contributed by atoms with Crippen LogP contribution < -0.4 is 5.32 Å². The molecule has 4 nitrogen and oxygen atoms in total. The summed E-state index contributed by atoms with van der Waals surface area (Å²) in [4.78, 5) is 13.1. The lowest BCUT2D eigenvalue weighted by Gasteiger charge is -2.56. The Morgan fingerprint density at radius 2 is 1.63 bits per heavy atom. The van der Waals surface area contributed by atoms with Crippen molar-refractivity contribution in [2.75, 3.05) is 0 Å². The van der Waals surface area contributed by atoms with Gasteiger partial charge >= 0.3 is 0 Å². The quantitative estimate of drug-likeness (QED) is 0.886. The molecular formula is C23H27N3O. The number of nitrogens with zero attached hydrogens (tertiary/aromatic N) is 2. The number of carbonyl (C=O) groups excluding carboxylic acids is 1. The molecule has 2 aromatic rings. The van der Waals surface area contributed by atoms with E-state index in [1.807, 2.05) is 29.1 Å². The van der Waals surface area contributed by atoms with Gasteiger partial charge in [-0.15, -0.1) is 0 Å². The molecule has 0 saturated heterocycles. The molecule has 0 aliphatic heterocycles. The molecule has 0 radical (unpaired) electrons. The van der Waals surface area contributed by atoms with Crippen LogP contribution in [0.4, 0.5) is 0 Å². The Kier molecular flexibility index (Phi) is 3.36. The number of rotatable bonds is 4. The van der Waals surface area contributed by atoms with Gasteiger partial charge in [-0.1, -0.05) is 18.2 Å². The van der Waals surface area contributed by atoms with Crippen LogP contribution in [0.25, 0.3) is 5.69 Å². The van der Waals surface area contributed by atoms with Crippen LogP contribution in [0.15, 0.2) is 36.5 Å². The summed E-state index contributed by atoms with van der Waals surface area (Å²) in [5.41, 5.74) is 3.08. The molecule has 1 aromatic carbocycles. The van der Waals surface area contributed by atoms with Gasteiger partial charge in [-0.3, -0.25) is 4.79 Å². The summed E-state index contributed by atoms with van der Waals surface area (Å²) in [5, 5.41) is 8.29. The topological polar surface area (TPSA) is 46.9 Å². The van der Waals surface area contributed by atoms with Gasteiger partial charge in [0.15, 0.2) is 0 Å². The summed E-state index contributed by atoms with van der Waals surface area (Å²) < 4.78 is 1.94. The van der Waals surface area contributed by atoms with E-state index in [1.54, 1.807) is 0 Å². The van der Waals surface area contributed by atoms with E-state index in [4.69, 9.17) is 5.10 Å². The van der Waals surface area contributed by atoms with Crippen LogP contribution in [0.5, 0.6) is 0 Å². The van der Waals surface area contributed by atoms with Crippen molar-refractivity contribution in [2.24, 2.45) is 17.8 Å². The Morgan fingerprint density at radius 1 is 1.00 bits per heavy atom. The maximum atomic E-state index is 13.1. The average Bonchev–Trinajstić information content (AvgIpc) is 3.34. The van der Waals surface area contributed by atoms with Crippen molar-refractivity contribution < 1.29 is 4.79 Å². The Bertz CT molecular complexity index is 845. The van der Waals surface area contributed by atoms with Crippen molar-refractivity contribution in [2.45, 2.75) is 62.8 Å². The second-order valence-electron chi connectivity index (χ2n) is 9.62. The summed E-state index contributed by atoms with van der Waals surface area (Å²) in [6.45, 7) is 0. The molecule has 0 unspecified atom stereocenters. The first-order valence-electron chi connectivity index (χ1n) is 10.6. The van der Waals surface area contributed by atoms with Gasteiger partial charge in [0, 0.05) is 17.7 Å². The maximum Gasteiger partial charge on any atom is 0.255 e. The van der Waals surface area contributed by atoms with E-state index in [0.717, 1.165) is 47.5 Å². The number of para-hydroxylation sites is 1. The van der Waals surface area contributed by atoms with E-state index in [-0.39, 0.29) is 11.3 Å². The standard InChI is InChI=1S/C23H27N3O/c27-22(24-18-6-7-18)20-14-26(19-4-2-1-3-5-19)25-21(20)23-11-15-8-16(12-23)10-17(9-15)13-23/h1-5,14-18H,6-13H2,(H,24,27). The lowest BCUT2D eigenvalue weighted by molar-refractivity contribution is -0.00770. The molecular weight excluding hydrogens is 334 g/mol. The summed E-state index contributed by atoms with van der Waals surface area (Å²) in [6, 6.07) is 10.6. The minimum absolute atomic E-state index is 0.0884. The number of amides is 1. The van der Waals surface area contributed by atoms with Crippen molar-refractivity contribution >= 4 is 5.91 Å². The molecule has 5 saturated carbocycles. The third kappa shape index (κ3) is 2.64. The Hall–Kier alpha value is -2.10. The largest absolute Gasteiger partial charge is 0.349 e. The minimum atomic E-state index is 0.0884. The fourth-order valence-corrected chi connectivity index (χ4v) is 6.54. The summed E-state index contributed by atoms with van der Waals surface area (Å²) in [6.07, 6.45) is 12.1. The van der Waals surface area contributed by atoms with E-state index in [0.29, 0.717) is 6.04 Å². The lowest BCUT2D eigenvalue weighted by atomic mass is 9.48. The van der Waals surface area contributed by atoms with Gasteiger partial charge in [0.25, 0.3) is 5.91 Å². The molecule has 5 fully saturated rings. The van der Waals surface area contributed by atoms with E-state index in [2.05, 4.69) is 17.4 Å². The van der Waals surface area contributed by atoms with Crippen LogP contribution in [-0.2, 0) is 5.41 Å². The summed E-state index contributed by atoms with van der Waals surface area (Å²) in [5.74, 6) is 2.62. The van der Waals surface area contributed by atoms with Crippen molar-refractivity contribution in [3.63, 3.8) is 0 Å². The van der Waals surface area contributed by atoms with Crippen molar-refractivity contribution in [1.29, 1.82) is 0 Å². The third-order valence-corrected chi connectivity index (χ3v) is 7.43. The molecule has 4 heteroatoms. The first kappa shape index (κ1) is 15.9. The average molecular weight is 361 g/mol. The predicted molar refractivity (Wildman–Crippen MR) is 104 cm³/mol. The lowest BCUT2D eigenvalue weighted by Crippen LogP contribution is -2.49. The van der Waals surface area contributed by atoms with E-state index in [9.17, 15) is 4.79 Å². The van der Waals surface area contributed by atoms with Crippen LogP contribution >= 0.6 is 0 Å². The fourth-order valence-electron chi connectivity index (χ4n) is 6.54. The molecule has 4 bridgehead atoms. The van der Waals surface area contributed by atoms with Gasteiger partial charge < -0.3 is 5.32 Å². The zero-order valence-electron chi connectivity index (χ0n) is 15.7. The van der Waals surface area contributed by atoms with Crippen LogP contribution in [0.3, 0.4) is 0 Å². The Labute approximate surface area is 160 Å². The van der Waals surface area contributed by atoms with E-state index in [1.165, 1.54) is 38.5 Å². The zero-order valence-corrected chi connectivity index (χ0v) is 15.7. The SMILES string of the molecule is O=C(NC1CC1)c1cn(-c2ccccc2)nc1C12CC3CC(CC(C3)C1)C2. The fraction of sp³-hybridized carbons (Fsp3) is 0.565. The highest BCUT2D eigenvalue weighted by molar-refractivity contribution is 5.96. The number of hydrogen-bond acceptors (Lipinski definition) is 2. The normalized spacial score (nSPS) is 34.0. The van der Waals surface area contributed by atoms with Crippen molar-refractivity contribution in [3.8, 4) is 5.69 Å².